The van der Waals surface area contributed by atoms with Crippen LogP contribution in [0.25, 0.3) is 0 Å². The zero-order chi connectivity index (χ0) is 15.7. The van der Waals surface area contributed by atoms with E-state index in [-0.39, 0.29) is 24.1 Å². The molecule has 2 fully saturated rings. The van der Waals surface area contributed by atoms with Crippen molar-refractivity contribution in [1.29, 1.82) is 0 Å². The number of ether oxygens (including phenoxy) is 3. The first-order valence-electron chi connectivity index (χ1n) is 7.76. The Morgan fingerprint density at radius 2 is 1.77 bits per heavy atom. The summed E-state index contributed by atoms with van der Waals surface area (Å²) in [5.74, 6) is 1.15. The van der Waals surface area contributed by atoms with Crippen LogP contribution in [-0.2, 0) is 4.74 Å². The third kappa shape index (κ3) is 2.43. The van der Waals surface area contributed by atoms with Crippen molar-refractivity contribution in [2.75, 3.05) is 21.3 Å². The number of rotatable bonds is 4. The molecule has 3 rings (SSSR count). The maximum absolute atomic E-state index is 13.1. The summed E-state index contributed by atoms with van der Waals surface area (Å²) in [6.45, 7) is 0. The molecule has 0 N–H and O–H groups in total. The van der Waals surface area contributed by atoms with Gasteiger partial charge in [0.1, 0.15) is 0 Å². The molecule has 2 unspecified atom stereocenters. The van der Waals surface area contributed by atoms with E-state index in [1.807, 2.05) is 17.0 Å². The van der Waals surface area contributed by atoms with E-state index in [1.165, 1.54) is 0 Å². The average molecular weight is 305 g/mol. The first-order chi connectivity index (χ1) is 10.7. The van der Waals surface area contributed by atoms with Crippen LogP contribution in [0.4, 0.5) is 0 Å². The van der Waals surface area contributed by atoms with Crippen LogP contribution in [-0.4, -0.2) is 50.3 Å². The number of benzene rings is 1. The van der Waals surface area contributed by atoms with Crippen molar-refractivity contribution in [3.63, 3.8) is 0 Å². The van der Waals surface area contributed by atoms with Crippen molar-refractivity contribution in [2.45, 2.75) is 43.9 Å². The highest BCUT2D eigenvalue weighted by Crippen LogP contribution is 2.40. The highest BCUT2D eigenvalue weighted by molar-refractivity contribution is 5.98. The molecule has 2 atom stereocenters. The smallest absolute Gasteiger partial charge is 0.258 e. The normalized spacial score (nSPS) is 26.9. The molecule has 5 nitrogen and oxygen atoms in total. The number of hydrogen-bond donors (Lipinski definition) is 0. The molecule has 2 heterocycles. The van der Waals surface area contributed by atoms with E-state index in [2.05, 4.69) is 0 Å². The summed E-state index contributed by atoms with van der Waals surface area (Å²) in [5.41, 5.74) is 0.578. The van der Waals surface area contributed by atoms with Gasteiger partial charge in [-0.25, -0.2) is 0 Å². The number of hydrogen-bond acceptors (Lipinski definition) is 4. The zero-order valence-corrected chi connectivity index (χ0v) is 13.4. The van der Waals surface area contributed by atoms with Crippen LogP contribution >= 0.6 is 0 Å². The Bertz CT molecular complexity index is 546. The second kappa shape index (κ2) is 6.16. The van der Waals surface area contributed by atoms with Crippen molar-refractivity contribution in [2.24, 2.45) is 0 Å². The highest BCUT2D eigenvalue weighted by Gasteiger charge is 2.44. The van der Waals surface area contributed by atoms with E-state index in [4.69, 9.17) is 14.2 Å². The fraction of sp³-hybridized carbons (Fsp3) is 0.588. The quantitative estimate of drug-likeness (QED) is 0.857. The Morgan fingerprint density at radius 1 is 1.09 bits per heavy atom. The van der Waals surface area contributed by atoms with Gasteiger partial charge in [0.15, 0.2) is 11.5 Å². The van der Waals surface area contributed by atoms with Crippen LogP contribution in [0.5, 0.6) is 11.5 Å². The molecular formula is C17H23NO4. The van der Waals surface area contributed by atoms with E-state index in [0.717, 1.165) is 25.7 Å². The van der Waals surface area contributed by atoms with Crippen LogP contribution in [0, 0.1) is 0 Å². The van der Waals surface area contributed by atoms with E-state index < -0.39 is 0 Å². The zero-order valence-electron chi connectivity index (χ0n) is 13.4. The lowest BCUT2D eigenvalue weighted by atomic mass is 9.98. The molecule has 0 aromatic heterocycles. The first kappa shape index (κ1) is 15.2. The molecule has 0 radical (unpaired) electrons. The Labute approximate surface area is 131 Å². The molecule has 1 aromatic rings. The summed E-state index contributed by atoms with van der Waals surface area (Å²) in [4.78, 5) is 15.1. The second-order valence-electron chi connectivity index (χ2n) is 5.97. The van der Waals surface area contributed by atoms with Gasteiger partial charge >= 0.3 is 0 Å². The highest BCUT2D eigenvalue weighted by atomic mass is 16.5. The van der Waals surface area contributed by atoms with Gasteiger partial charge in [0.25, 0.3) is 5.91 Å². The fourth-order valence-corrected chi connectivity index (χ4v) is 3.85. The van der Waals surface area contributed by atoms with Crippen molar-refractivity contribution in [1.82, 2.24) is 4.90 Å². The van der Waals surface area contributed by atoms with Crippen LogP contribution in [0.3, 0.4) is 0 Å². The summed E-state index contributed by atoms with van der Waals surface area (Å²) in [6, 6.07) is 5.99. The van der Waals surface area contributed by atoms with Crippen molar-refractivity contribution < 1.29 is 19.0 Å². The number of methoxy groups -OCH3 is 3. The van der Waals surface area contributed by atoms with Crippen LogP contribution in [0.15, 0.2) is 18.2 Å². The molecule has 1 aromatic carbocycles. The molecule has 0 saturated carbocycles. The minimum atomic E-state index is 0.0396. The standard InChI is InChI=1S/C17H23NO4/c1-20-13-9-11-7-8-12(10-13)18(11)17(19)14-5-4-6-15(21-2)16(14)22-3/h4-6,11-13H,7-10H2,1-3H3. The van der Waals surface area contributed by atoms with Gasteiger partial charge < -0.3 is 19.1 Å². The lowest BCUT2D eigenvalue weighted by molar-refractivity contribution is 0.00807. The monoisotopic (exact) mass is 305 g/mol. The Morgan fingerprint density at radius 3 is 2.32 bits per heavy atom. The number of nitrogens with zero attached hydrogens (tertiary/aromatic N) is 1. The minimum absolute atomic E-state index is 0.0396. The Balaban J connectivity index is 1.89. The van der Waals surface area contributed by atoms with Crippen molar-refractivity contribution in [3.05, 3.63) is 23.8 Å². The van der Waals surface area contributed by atoms with Gasteiger partial charge in [0.2, 0.25) is 0 Å². The first-order valence-corrected chi connectivity index (χ1v) is 7.76. The summed E-state index contributed by atoms with van der Waals surface area (Å²) >= 11 is 0. The predicted molar refractivity (Wildman–Crippen MR) is 82.6 cm³/mol. The van der Waals surface area contributed by atoms with Crippen LogP contribution in [0.2, 0.25) is 0 Å². The minimum Gasteiger partial charge on any atom is -0.493 e. The molecular weight excluding hydrogens is 282 g/mol. The van der Waals surface area contributed by atoms with Gasteiger partial charge in [0, 0.05) is 19.2 Å². The third-order valence-corrected chi connectivity index (χ3v) is 4.89. The van der Waals surface area contributed by atoms with Gasteiger partial charge in [-0.05, 0) is 37.8 Å². The maximum Gasteiger partial charge on any atom is 0.258 e. The van der Waals surface area contributed by atoms with E-state index in [0.29, 0.717) is 17.1 Å². The fourth-order valence-electron chi connectivity index (χ4n) is 3.85. The topological polar surface area (TPSA) is 48.0 Å². The van der Waals surface area contributed by atoms with E-state index in [1.54, 1.807) is 27.4 Å². The number of para-hydroxylation sites is 1. The molecule has 120 valence electrons. The summed E-state index contributed by atoms with van der Waals surface area (Å²) < 4.78 is 16.2. The van der Waals surface area contributed by atoms with Gasteiger partial charge in [-0.1, -0.05) is 6.07 Å². The maximum atomic E-state index is 13.1. The molecule has 2 aliphatic heterocycles. The van der Waals surface area contributed by atoms with Gasteiger partial charge in [-0.3, -0.25) is 4.79 Å². The lowest BCUT2D eigenvalue weighted by Crippen LogP contribution is -2.48. The molecule has 2 saturated heterocycles. The summed E-state index contributed by atoms with van der Waals surface area (Å²) in [7, 11) is 4.91. The SMILES string of the molecule is COc1cccc(C(=O)N2C3CCC2CC(OC)C3)c1OC. The number of carbonyl (C=O) groups excluding carboxylic acids is 1. The van der Waals surface area contributed by atoms with Gasteiger partial charge in [0.05, 0.1) is 25.9 Å². The predicted octanol–water partition coefficient (Wildman–Crippen LogP) is 2.49. The van der Waals surface area contributed by atoms with E-state index >= 15 is 0 Å². The molecule has 1 amide bonds. The average Bonchev–Trinajstić information content (AvgIpc) is 2.82. The van der Waals surface area contributed by atoms with Crippen molar-refractivity contribution >= 4 is 5.91 Å². The summed E-state index contributed by atoms with van der Waals surface area (Å²) in [6.07, 6.45) is 4.23. The summed E-state index contributed by atoms with van der Waals surface area (Å²) in [5, 5.41) is 0. The third-order valence-electron chi connectivity index (χ3n) is 4.89. The van der Waals surface area contributed by atoms with Gasteiger partial charge in [-0.15, -0.1) is 0 Å². The second-order valence-corrected chi connectivity index (χ2v) is 5.97. The van der Waals surface area contributed by atoms with Crippen LogP contribution in [0.1, 0.15) is 36.0 Å². The Hall–Kier alpha value is -1.75. The molecule has 5 heteroatoms. The molecule has 22 heavy (non-hydrogen) atoms. The molecule has 2 aliphatic rings. The Kier molecular flexibility index (Phi) is 4.25. The number of amides is 1. The largest absolute Gasteiger partial charge is 0.493 e. The van der Waals surface area contributed by atoms with Gasteiger partial charge in [-0.2, -0.15) is 0 Å². The molecule has 0 spiro atoms. The number of fused-ring (bicyclic) bond motifs is 2. The molecule has 0 aliphatic carbocycles. The lowest BCUT2D eigenvalue weighted by Gasteiger charge is -2.38. The van der Waals surface area contributed by atoms with Crippen LogP contribution < -0.4 is 9.47 Å². The molecule has 2 bridgehead atoms. The number of piperidine rings is 1. The van der Waals surface area contributed by atoms with Crippen molar-refractivity contribution in [3.8, 4) is 11.5 Å². The number of carbonyl (C=O) groups is 1. The van der Waals surface area contributed by atoms with E-state index in [9.17, 15) is 4.79 Å².